The van der Waals surface area contributed by atoms with Crippen LogP contribution in [0.2, 0.25) is 0 Å². The predicted octanol–water partition coefficient (Wildman–Crippen LogP) is 1.66. The second-order valence-electron chi connectivity index (χ2n) is 5.04. The molecule has 0 aromatic heterocycles. The first-order chi connectivity index (χ1) is 8.77. The first-order valence-corrected chi connectivity index (χ1v) is 7.80. The van der Waals surface area contributed by atoms with Gasteiger partial charge in [-0.05, 0) is 37.6 Å². The maximum absolute atomic E-state index is 12.0. The summed E-state index contributed by atoms with van der Waals surface area (Å²) in [6, 6.07) is 4.96. The molecule has 0 heterocycles. The van der Waals surface area contributed by atoms with E-state index in [1.54, 1.807) is 12.1 Å². The van der Waals surface area contributed by atoms with Crippen molar-refractivity contribution in [3.8, 4) is 0 Å². The van der Waals surface area contributed by atoms with E-state index < -0.39 is 10.0 Å². The smallest absolute Gasteiger partial charge is 0.242 e. The second-order valence-corrected chi connectivity index (χ2v) is 6.89. The van der Waals surface area contributed by atoms with Crippen LogP contribution < -0.4 is 15.4 Å². The SMILES string of the molecule is CNS(=O)(=O)c1cc(N)ccc1N(C)CCC(C)C. The zero-order valence-corrected chi connectivity index (χ0v) is 12.8. The molecule has 1 rings (SSSR count). The van der Waals surface area contributed by atoms with Crippen LogP contribution in [0.15, 0.2) is 23.1 Å². The Morgan fingerprint density at radius 3 is 2.53 bits per heavy atom. The van der Waals surface area contributed by atoms with Crippen molar-refractivity contribution in [2.45, 2.75) is 25.2 Å². The summed E-state index contributed by atoms with van der Waals surface area (Å²) in [6.45, 7) is 5.08. The van der Waals surface area contributed by atoms with Gasteiger partial charge in [-0.2, -0.15) is 0 Å². The summed E-state index contributed by atoms with van der Waals surface area (Å²) in [7, 11) is -0.216. The fourth-order valence-electron chi connectivity index (χ4n) is 1.74. The molecule has 0 aliphatic rings. The summed E-state index contributed by atoms with van der Waals surface area (Å²) in [6.07, 6.45) is 1.000. The third-order valence-electron chi connectivity index (χ3n) is 3.00. The zero-order chi connectivity index (χ0) is 14.6. The van der Waals surface area contributed by atoms with Gasteiger partial charge in [-0.15, -0.1) is 0 Å². The van der Waals surface area contributed by atoms with E-state index in [2.05, 4.69) is 18.6 Å². The minimum Gasteiger partial charge on any atom is -0.399 e. The van der Waals surface area contributed by atoms with Crippen molar-refractivity contribution in [1.82, 2.24) is 4.72 Å². The monoisotopic (exact) mass is 285 g/mol. The summed E-state index contributed by atoms with van der Waals surface area (Å²) in [5.41, 5.74) is 6.80. The van der Waals surface area contributed by atoms with E-state index >= 15 is 0 Å². The Labute approximate surface area is 115 Å². The van der Waals surface area contributed by atoms with Crippen molar-refractivity contribution in [3.63, 3.8) is 0 Å². The van der Waals surface area contributed by atoms with Crippen molar-refractivity contribution < 1.29 is 8.42 Å². The molecule has 19 heavy (non-hydrogen) atoms. The van der Waals surface area contributed by atoms with Gasteiger partial charge < -0.3 is 10.6 Å². The molecule has 6 heteroatoms. The zero-order valence-electron chi connectivity index (χ0n) is 12.0. The summed E-state index contributed by atoms with van der Waals surface area (Å²) in [5, 5.41) is 0. The highest BCUT2D eigenvalue weighted by atomic mass is 32.2. The molecule has 0 saturated heterocycles. The molecule has 108 valence electrons. The molecule has 1 aromatic rings. The maximum atomic E-state index is 12.0. The van der Waals surface area contributed by atoms with Gasteiger partial charge >= 0.3 is 0 Å². The normalized spacial score (nSPS) is 11.8. The number of benzene rings is 1. The molecule has 0 fully saturated rings. The van der Waals surface area contributed by atoms with Crippen LogP contribution in [0.5, 0.6) is 0 Å². The molecule has 0 aliphatic carbocycles. The number of rotatable bonds is 6. The van der Waals surface area contributed by atoms with Crippen molar-refractivity contribution in [1.29, 1.82) is 0 Å². The number of hydrogen-bond donors (Lipinski definition) is 2. The van der Waals surface area contributed by atoms with Gasteiger partial charge in [0.2, 0.25) is 10.0 Å². The van der Waals surface area contributed by atoms with Crippen molar-refractivity contribution in [2.75, 3.05) is 31.3 Å². The lowest BCUT2D eigenvalue weighted by Gasteiger charge is -2.23. The summed E-state index contributed by atoms with van der Waals surface area (Å²) >= 11 is 0. The first kappa shape index (κ1) is 15.8. The van der Waals surface area contributed by atoms with Crippen LogP contribution in [0.25, 0.3) is 0 Å². The van der Waals surface area contributed by atoms with E-state index in [1.165, 1.54) is 13.1 Å². The lowest BCUT2D eigenvalue weighted by molar-refractivity contribution is 0.579. The molecular weight excluding hydrogens is 262 g/mol. The maximum Gasteiger partial charge on any atom is 0.242 e. The van der Waals surface area contributed by atoms with E-state index in [-0.39, 0.29) is 4.90 Å². The van der Waals surface area contributed by atoms with Gasteiger partial charge in [0.1, 0.15) is 4.90 Å². The van der Waals surface area contributed by atoms with Crippen LogP contribution in [-0.4, -0.2) is 29.1 Å². The third-order valence-corrected chi connectivity index (χ3v) is 4.44. The van der Waals surface area contributed by atoms with Gasteiger partial charge in [-0.3, -0.25) is 0 Å². The molecule has 0 spiro atoms. The number of nitrogen functional groups attached to an aromatic ring is 1. The Kier molecular flexibility index (Phi) is 5.20. The van der Waals surface area contributed by atoms with E-state index in [0.29, 0.717) is 17.3 Å². The van der Waals surface area contributed by atoms with E-state index in [4.69, 9.17) is 5.73 Å². The number of nitrogens with one attached hydrogen (secondary N) is 1. The largest absolute Gasteiger partial charge is 0.399 e. The van der Waals surface area contributed by atoms with Crippen molar-refractivity contribution >= 4 is 21.4 Å². The number of nitrogens with two attached hydrogens (primary N) is 1. The standard InChI is InChI=1S/C13H23N3O2S/c1-10(2)7-8-16(4)12-6-5-11(14)9-13(12)19(17,18)15-3/h5-6,9-10,15H,7-8,14H2,1-4H3. The van der Waals surface area contributed by atoms with Crippen LogP contribution >= 0.6 is 0 Å². The Morgan fingerprint density at radius 1 is 1.37 bits per heavy atom. The highest BCUT2D eigenvalue weighted by Gasteiger charge is 2.19. The van der Waals surface area contributed by atoms with Crippen LogP contribution in [-0.2, 0) is 10.0 Å². The molecule has 0 amide bonds. The van der Waals surface area contributed by atoms with Gasteiger partial charge in [0.05, 0.1) is 5.69 Å². The molecule has 1 aromatic carbocycles. The highest BCUT2D eigenvalue weighted by molar-refractivity contribution is 7.89. The van der Waals surface area contributed by atoms with Gasteiger partial charge in [0, 0.05) is 19.3 Å². The van der Waals surface area contributed by atoms with Gasteiger partial charge in [0.25, 0.3) is 0 Å². The molecule has 5 nitrogen and oxygen atoms in total. The molecule has 3 N–H and O–H groups in total. The quantitative estimate of drug-likeness (QED) is 0.779. The summed E-state index contributed by atoms with van der Waals surface area (Å²) in [4.78, 5) is 2.17. The van der Waals surface area contributed by atoms with E-state index in [9.17, 15) is 8.42 Å². The number of nitrogens with zero attached hydrogens (tertiary/aromatic N) is 1. The molecule has 0 saturated carbocycles. The Morgan fingerprint density at radius 2 is 2.00 bits per heavy atom. The van der Waals surface area contributed by atoms with Gasteiger partial charge in [-0.25, -0.2) is 13.1 Å². The lowest BCUT2D eigenvalue weighted by Crippen LogP contribution is -2.25. The minimum absolute atomic E-state index is 0.223. The molecule has 0 atom stereocenters. The lowest BCUT2D eigenvalue weighted by atomic mass is 10.1. The van der Waals surface area contributed by atoms with Gasteiger partial charge in [0.15, 0.2) is 0 Å². The van der Waals surface area contributed by atoms with Gasteiger partial charge in [-0.1, -0.05) is 13.8 Å². The molecule has 0 bridgehead atoms. The Balaban J connectivity index is 3.14. The second kappa shape index (κ2) is 6.25. The fraction of sp³-hybridized carbons (Fsp3) is 0.538. The van der Waals surface area contributed by atoms with Crippen LogP contribution in [0.4, 0.5) is 11.4 Å². The molecule has 0 unspecified atom stereocenters. The van der Waals surface area contributed by atoms with Crippen LogP contribution in [0.1, 0.15) is 20.3 Å². The predicted molar refractivity (Wildman–Crippen MR) is 79.8 cm³/mol. The number of sulfonamides is 1. The van der Waals surface area contributed by atoms with Crippen molar-refractivity contribution in [2.24, 2.45) is 5.92 Å². The molecule has 0 radical (unpaired) electrons. The highest BCUT2D eigenvalue weighted by Crippen LogP contribution is 2.27. The summed E-state index contributed by atoms with van der Waals surface area (Å²) in [5.74, 6) is 0.570. The number of hydrogen-bond acceptors (Lipinski definition) is 4. The third kappa shape index (κ3) is 4.11. The average molecular weight is 285 g/mol. The Bertz CT molecular complexity index is 527. The van der Waals surface area contributed by atoms with Crippen LogP contribution in [0.3, 0.4) is 0 Å². The average Bonchev–Trinajstić information content (AvgIpc) is 2.35. The minimum atomic E-state index is -3.51. The number of anilines is 2. The topological polar surface area (TPSA) is 75.4 Å². The first-order valence-electron chi connectivity index (χ1n) is 6.32. The molecular formula is C13H23N3O2S. The molecule has 0 aliphatic heterocycles. The Hall–Kier alpha value is -1.27. The fourth-order valence-corrected chi connectivity index (χ4v) is 2.75. The summed E-state index contributed by atoms with van der Waals surface area (Å²) < 4.78 is 26.4. The van der Waals surface area contributed by atoms with E-state index in [1.807, 2.05) is 11.9 Å². The van der Waals surface area contributed by atoms with Crippen molar-refractivity contribution in [3.05, 3.63) is 18.2 Å². The van der Waals surface area contributed by atoms with E-state index in [0.717, 1.165) is 13.0 Å². The van der Waals surface area contributed by atoms with Crippen LogP contribution in [0, 0.1) is 5.92 Å².